The molecule has 2 N–H and O–H groups in total. The minimum atomic E-state index is -4.22. The van der Waals surface area contributed by atoms with Crippen molar-refractivity contribution in [3.8, 4) is 22.3 Å². The molecule has 4 aromatic carbocycles. The van der Waals surface area contributed by atoms with Gasteiger partial charge in [-0.05, 0) is 63.3 Å². The fourth-order valence-electron chi connectivity index (χ4n) is 4.93. The van der Waals surface area contributed by atoms with Crippen molar-refractivity contribution in [2.45, 2.75) is 51.4 Å². The minimum absolute atomic E-state index is 0.0976. The average molecular weight is 586 g/mol. The van der Waals surface area contributed by atoms with Crippen LogP contribution in [-0.4, -0.2) is 29.0 Å². The van der Waals surface area contributed by atoms with Crippen LogP contribution < -0.4 is 5.46 Å². The number of benzene rings is 4. The van der Waals surface area contributed by atoms with Gasteiger partial charge in [0.15, 0.2) is 0 Å². The van der Waals surface area contributed by atoms with Gasteiger partial charge in [0.25, 0.3) is 0 Å². The molecule has 1 aliphatic rings. The molecule has 0 bridgehead atoms. The quantitative estimate of drug-likeness (QED) is 0.161. The summed E-state index contributed by atoms with van der Waals surface area (Å²) in [5.41, 5.74) is 6.59. The lowest BCUT2D eigenvalue weighted by Gasteiger charge is -2.29. The molecule has 0 unspecified atom stereocenters. The van der Waals surface area contributed by atoms with E-state index in [-0.39, 0.29) is 11.6 Å². The Labute approximate surface area is 251 Å². The zero-order valence-electron chi connectivity index (χ0n) is 24.3. The van der Waals surface area contributed by atoms with Crippen LogP contribution in [0.5, 0.6) is 0 Å². The molecule has 7 heteroatoms. The Kier molecular flexibility index (Phi) is 10.4. The molecule has 0 aliphatic heterocycles. The van der Waals surface area contributed by atoms with Crippen LogP contribution in [0.2, 0.25) is 0 Å². The van der Waals surface area contributed by atoms with Gasteiger partial charge in [-0.25, -0.2) is 0 Å². The molecule has 0 radical (unpaired) electrons. The van der Waals surface area contributed by atoms with Crippen molar-refractivity contribution in [2.24, 2.45) is 0 Å². The van der Waals surface area contributed by atoms with Crippen LogP contribution in [0.3, 0.4) is 0 Å². The third kappa shape index (κ3) is 7.72. The van der Waals surface area contributed by atoms with Gasteiger partial charge in [0.05, 0.1) is 0 Å². The summed E-state index contributed by atoms with van der Waals surface area (Å²) in [4.78, 5) is 0. The summed E-state index contributed by atoms with van der Waals surface area (Å²) < 4.78 is 55.0. The van der Waals surface area contributed by atoms with E-state index in [1.165, 1.54) is 23.3 Å². The van der Waals surface area contributed by atoms with E-state index < -0.39 is 24.5 Å². The Balaban J connectivity index is 0.000000208. The third-order valence-corrected chi connectivity index (χ3v) is 7.38. The maximum absolute atomic E-state index is 14.0. The van der Waals surface area contributed by atoms with Crippen LogP contribution in [0, 0.1) is 0 Å². The number of hydrogen-bond donors (Lipinski definition) is 2. The second-order valence-corrected chi connectivity index (χ2v) is 10.6. The molecule has 0 saturated carbocycles. The molecule has 0 heterocycles. The van der Waals surface area contributed by atoms with Crippen molar-refractivity contribution in [1.29, 1.82) is 0 Å². The molecule has 1 aliphatic carbocycles. The van der Waals surface area contributed by atoms with E-state index in [0.29, 0.717) is 5.46 Å². The van der Waals surface area contributed by atoms with Crippen LogP contribution in [0.1, 0.15) is 43.4 Å². The standard InChI is InChI=1S/C21H18F4.C15H17BO2/c1-2-4-15-6-8-16(9-7-15)17-10-12-18(13-11-17)19-5-3-14-20(22,23)21(19,24)25;1-2-3-12-4-6-13(7-5-12)14-8-10-15(11-9-14)16(17)18/h3,5-14H,2,4H2,1H3;4-11,17-18H,2-3H2,1H3. The molecule has 0 fully saturated rings. The highest BCUT2D eigenvalue weighted by Gasteiger charge is 2.58. The van der Waals surface area contributed by atoms with Crippen LogP contribution in [0.4, 0.5) is 17.6 Å². The Morgan fingerprint density at radius 3 is 1.33 bits per heavy atom. The van der Waals surface area contributed by atoms with E-state index in [1.807, 2.05) is 36.4 Å². The van der Waals surface area contributed by atoms with Gasteiger partial charge in [0.2, 0.25) is 0 Å². The number of rotatable bonds is 8. The highest BCUT2D eigenvalue weighted by Crippen LogP contribution is 2.47. The van der Waals surface area contributed by atoms with E-state index in [2.05, 4.69) is 38.1 Å². The SMILES string of the molecule is CCCc1ccc(-c2ccc(B(O)O)cc2)cc1.CCCc1ccc(-c2ccc(C3=CC=CC(F)(F)C3(F)F)cc2)cc1. The van der Waals surface area contributed by atoms with Crippen molar-refractivity contribution in [2.75, 3.05) is 0 Å². The predicted octanol–water partition coefficient (Wildman–Crippen LogP) is 8.52. The number of allylic oxidation sites excluding steroid dienone is 4. The normalized spacial score (nSPS) is 14.8. The van der Waals surface area contributed by atoms with E-state index in [9.17, 15) is 17.6 Å². The summed E-state index contributed by atoms with van der Waals surface area (Å²) in [5, 5.41) is 18.1. The molecule has 0 saturated heterocycles. The van der Waals surface area contributed by atoms with E-state index in [4.69, 9.17) is 10.0 Å². The summed E-state index contributed by atoms with van der Waals surface area (Å²) in [7, 11) is -1.40. The maximum atomic E-state index is 14.0. The van der Waals surface area contributed by atoms with Gasteiger partial charge >= 0.3 is 19.0 Å². The van der Waals surface area contributed by atoms with Crippen LogP contribution in [-0.2, 0) is 12.8 Å². The van der Waals surface area contributed by atoms with Gasteiger partial charge < -0.3 is 10.0 Å². The molecule has 5 rings (SSSR count). The highest BCUT2D eigenvalue weighted by molar-refractivity contribution is 6.58. The maximum Gasteiger partial charge on any atom is 0.488 e. The van der Waals surface area contributed by atoms with Gasteiger partial charge in [-0.1, -0.05) is 136 Å². The van der Waals surface area contributed by atoms with Crippen LogP contribution in [0.15, 0.2) is 115 Å². The van der Waals surface area contributed by atoms with Crippen LogP contribution in [0.25, 0.3) is 27.8 Å². The van der Waals surface area contributed by atoms with E-state index in [0.717, 1.165) is 60.1 Å². The zero-order valence-corrected chi connectivity index (χ0v) is 24.3. The topological polar surface area (TPSA) is 40.5 Å². The van der Waals surface area contributed by atoms with Gasteiger partial charge in [-0.3, -0.25) is 0 Å². The van der Waals surface area contributed by atoms with Crippen molar-refractivity contribution < 1.29 is 27.6 Å². The zero-order chi connectivity index (χ0) is 31.0. The molecule has 0 amide bonds. The second-order valence-electron chi connectivity index (χ2n) is 10.6. The highest BCUT2D eigenvalue weighted by atomic mass is 19.3. The van der Waals surface area contributed by atoms with Crippen LogP contribution >= 0.6 is 0 Å². The Bertz CT molecular complexity index is 1520. The van der Waals surface area contributed by atoms with E-state index >= 15 is 0 Å². The number of aryl methyl sites for hydroxylation is 2. The fraction of sp³-hybridized carbons (Fsp3) is 0.222. The first-order valence-electron chi connectivity index (χ1n) is 14.5. The molecule has 0 atom stereocenters. The molecular formula is C36H35BF4O2. The summed E-state index contributed by atoms with van der Waals surface area (Å²) in [6.45, 7) is 4.29. The van der Waals surface area contributed by atoms with Gasteiger partial charge in [-0.15, -0.1) is 0 Å². The Morgan fingerprint density at radius 2 is 0.930 bits per heavy atom. The molecule has 222 valence electrons. The van der Waals surface area contributed by atoms with Gasteiger partial charge in [0, 0.05) is 5.57 Å². The first-order valence-corrected chi connectivity index (χ1v) is 14.5. The predicted molar refractivity (Wildman–Crippen MR) is 169 cm³/mol. The van der Waals surface area contributed by atoms with E-state index in [1.54, 1.807) is 24.3 Å². The summed E-state index contributed by atoms with van der Waals surface area (Å²) in [6.07, 6.45) is 6.60. The van der Waals surface area contributed by atoms with Crippen molar-refractivity contribution in [3.05, 3.63) is 132 Å². The summed E-state index contributed by atoms with van der Waals surface area (Å²) in [5.74, 6) is -8.39. The molecule has 2 nitrogen and oxygen atoms in total. The van der Waals surface area contributed by atoms with Gasteiger partial charge in [0.1, 0.15) is 0 Å². The summed E-state index contributed by atoms with van der Waals surface area (Å²) >= 11 is 0. The smallest absolute Gasteiger partial charge is 0.423 e. The third-order valence-electron chi connectivity index (χ3n) is 7.38. The van der Waals surface area contributed by atoms with Crippen molar-refractivity contribution in [1.82, 2.24) is 0 Å². The lowest BCUT2D eigenvalue weighted by atomic mass is 9.80. The largest absolute Gasteiger partial charge is 0.488 e. The molecule has 4 aromatic rings. The monoisotopic (exact) mass is 586 g/mol. The Morgan fingerprint density at radius 1 is 0.558 bits per heavy atom. The lowest BCUT2D eigenvalue weighted by molar-refractivity contribution is -0.140. The minimum Gasteiger partial charge on any atom is -0.423 e. The number of alkyl halides is 4. The Hall–Kier alpha value is -3.94. The molecule has 0 aromatic heterocycles. The number of hydrogen-bond acceptors (Lipinski definition) is 2. The van der Waals surface area contributed by atoms with Crippen molar-refractivity contribution >= 4 is 18.2 Å². The first-order chi connectivity index (χ1) is 20.6. The summed E-state index contributed by atoms with van der Waals surface area (Å²) in [6, 6.07) is 30.1. The second kappa shape index (κ2) is 14.0. The average Bonchev–Trinajstić information content (AvgIpc) is 3.00. The number of halogens is 4. The first kappa shape index (κ1) is 32.0. The molecule has 0 spiro atoms. The van der Waals surface area contributed by atoms with Crippen molar-refractivity contribution in [3.63, 3.8) is 0 Å². The molecule has 43 heavy (non-hydrogen) atoms. The molecular weight excluding hydrogens is 551 g/mol. The fourth-order valence-corrected chi connectivity index (χ4v) is 4.93. The van der Waals surface area contributed by atoms with Gasteiger partial charge in [-0.2, -0.15) is 17.6 Å². The lowest BCUT2D eigenvalue weighted by Crippen LogP contribution is -2.41.